The van der Waals surface area contributed by atoms with E-state index in [0.29, 0.717) is 12.6 Å². The lowest BCUT2D eigenvalue weighted by atomic mass is 9.83. The van der Waals surface area contributed by atoms with Crippen LogP contribution in [-0.4, -0.2) is 55.0 Å². The standard InChI is InChI=1S/C20H28N4/c1-3-12-22-20(21-2)24-14-11-19-18(16-24)10-7-13-23(19)15-17-8-5-4-6-9-17/h1,4-6,8-9,18-19H,7,10-16H2,2H3,(H,21,22). The van der Waals surface area contributed by atoms with Gasteiger partial charge in [0.25, 0.3) is 0 Å². The van der Waals surface area contributed by atoms with Crippen molar-refractivity contribution in [3.8, 4) is 12.3 Å². The third kappa shape index (κ3) is 3.91. The van der Waals surface area contributed by atoms with Gasteiger partial charge >= 0.3 is 0 Å². The third-order valence-electron chi connectivity index (χ3n) is 5.27. The number of guanidine groups is 1. The van der Waals surface area contributed by atoms with E-state index in [1.165, 1.54) is 31.4 Å². The van der Waals surface area contributed by atoms with Crippen molar-refractivity contribution in [2.75, 3.05) is 33.2 Å². The summed E-state index contributed by atoms with van der Waals surface area (Å²) in [7, 11) is 1.84. The summed E-state index contributed by atoms with van der Waals surface area (Å²) in [6.07, 6.45) is 9.18. The normalized spacial score (nSPS) is 25.0. The highest BCUT2D eigenvalue weighted by molar-refractivity contribution is 5.80. The van der Waals surface area contributed by atoms with E-state index in [4.69, 9.17) is 6.42 Å². The van der Waals surface area contributed by atoms with Crippen molar-refractivity contribution >= 4 is 5.96 Å². The van der Waals surface area contributed by atoms with Gasteiger partial charge in [0.1, 0.15) is 0 Å². The van der Waals surface area contributed by atoms with Crippen LogP contribution in [0.2, 0.25) is 0 Å². The molecule has 2 fully saturated rings. The molecule has 0 amide bonds. The zero-order valence-corrected chi connectivity index (χ0v) is 14.6. The molecule has 2 unspecified atom stereocenters. The number of nitrogens with zero attached hydrogens (tertiary/aromatic N) is 3. The lowest BCUT2D eigenvalue weighted by Crippen LogP contribution is -2.56. The first-order chi connectivity index (χ1) is 11.8. The molecule has 1 aromatic carbocycles. The van der Waals surface area contributed by atoms with Gasteiger partial charge in [0.2, 0.25) is 0 Å². The Hall–Kier alpha value is -1.99. The van der Waals surface area contributed by atoms with Gasteiger partial charge in [-0.1, -0.05) is 36.3 Å². The molecule has 2 heterocycles. The van der Waals surface area contributed by atoms with Crippen molar-refractivity contribution in [1.82, 2.24) is 15.1 Å². The molecule has 4 nitrogen and oxygen atoms in total. The van der Waals surface area contributed by atoms with Crippen LogP contribution in [0.4, 0.5) is 0 Å². The fourth-order valence-corrected chi connectivity index (χ4v) is 4.18. The summed E-state index contributed by atoms with van der Waals surface area (Å²) in [4.78, 5) is 9.47. The zero-order chi connectivity index (χ0) is 16.8. The van der Waals surface area contributed by atoms with Gasteiger partial charge < -0.3 is 10.2 Å². The van der Waals surface area contributed by atoms with Gasteiger partial charge in [-0.2, -0.15) is 0 Å². The summed E-state index contributed by atoms with van der Waals surface area (Å²) in [6, 6.07) is 11.5. The van der Waals surface area contributed by atoms with E-state index in [1.54, 1.807) is 0 Å². The highest BCUT2D eigenvalue weighted by Crippen LogP contribution is 2.31. The predicted octanol–water partition coefficient (Wildman–Crippen LogP) is 2.18. The maximum Gasteiger partial charge on any atom is 0.194 e. The SMILES string of the molecule is C#CCNC(=NC)N1CCC2C(CCCN2Cc2ccccc2)C1. The first kappa shape index (κ1) is 16.9. The Labute approximate surface area is 145 Å². The van der Waals surface area contributed by atoms with Crippen LogP contribution < -0.4 is 5.32 Å². The number of nitrogens with one attached hydrogen (secondary N) is 1. The molecule has 24 heavy (non-hydrogen) atoms. The second-order valence-electron chi connectivity index (χ2n) is 6.77. The van der Waals surface area contributed by atoms with Crippen LogP contribution >= 0.6 is 0 Å². The molecule has 0 aliphatic carbocycles. The first-order valence-corrected chi connectivity index (χ1v) is 8.99. The minimum atomic E-state index is 0.539. The topological polar surface area (TPSA) is 30.9 Å². The molecule has 0 spiro atoms. The van der Waals surface area contributed by atoms with Crippen molar-refractivity contribution in [1.29, 1.82) is 0 Å². The second-order valence-corrected chi connectivity index (χ2v) is 6.77. The lowest BCUT2D eigenvalue weighted by Gasteiger charge is -2.48. The lowest BCUT2D eigenvalue weighted by molar-refractivity contribution is 0.0373. The van der Waals surface area contributed by atoms with Gasteiger partial charge in [0.15, 0.2) is 5.96 Å². The number of hydrogen-bond acceptors (Lipinski definition) is 2. The van der Waals surface area contributed by atoms with E-state index in [9.17, 15) is 0 Å². The number of piperidine rings is 2. The number of fused-ring (bicyclic) bond motifs is 1. The summed E-state index contributed by atoms with van der Waals surface area (Å²) < 4.78 is 0. The quantitative estimate of drug-likeness (QED) is 0.525. The maximum absolute atomic E-state index is 5.37. The average Bonchev–Trinajstić information content (AvgIpc) is 2.63. The van der Waals surface area contributed by atoms with Gasteiger partial charge in [0, 0.05) is 32.7 Å². The number of hydrogen-bond donors (Lipinski definition) is 1. The summed E-state index contributed by atoms with van der Waals surface area (Å²) in [5, 5.41) is 3.26. The molecule has 2 aliphatic rings. The van der Waals surface area contributed by atoms with Crippen molar-refractivity contribution in [3.63, 3.8) is 0 Å². The summed E-state index contributed by atoms with van der Waals surface area (Å²) >= 11 is 0. The Balaban J connectivity index is 1.62. The van der Waals surface area contributed by atoms with Gasteiger partial charge in [-0.25, -0.2) is 0 Å². The number of rotatable bonds is 3. The second kappa shape index (κ2) is 8.21. The van der Waals surface area contributed by atoms with Crippen molar-refractivity contribution in [3.05, 3.63) is 35.9 Å². The minimum Gasteiger partial charge on any atom is -0.345 e. The molecule has 0 bridgehead atoms. The smallest absolute Gasteiger partial charge is 0.194 e. The molecule has 0 aromatic heterocycles. The molecule has 2 saturated heterocycles. The maximum atomic E-state index is 5.37. The highest BCUT2D eigenvalue weighted by Gasteiger charge is 2.36. The third-order valence-corrected chi connectivity index (χ3v) is 5.27. The largest absolute Gasteiger partial charge is 0.345 e. The molecule has 2 aliphatic heterocycles. The highest BCUT2D eigenvalue weighted by atomic mass is 15.3. The van der Waals surface area contributed by atoms with Crippen LogP contribution in [0, 0.1) is 18.3 Å². The van der Waals surface area contributed by atoms with Crippen LogP contribution in [0.3, 0.4) is 0 Å². The van der Waals surface area contributed by atoms with E-state index in [2.05, 4.69) is 56.4 Å². The molecule has 4 heteroatoms. The van der Waals surface area contributed by atoms with Crippen molar-refractivity contribution in [2.45, 2.75) is 31.8 Å². The van der Waals surface area contributed by atoms with Crippen LogP contribution in [0.15, 0.2) is 35.3 Å². The average molecular weight is 324 g/mol. The first-order valence-electron chi connectivity index (χ1n) is 8.99. The summed E-state index contributed by atoms with van der Waals surface area (Å²) in [6.45, 7) is 4.97. The summed E-state index contributed by atoms with van der Waals surface area (Å²) in [5.41, 5.74) is 1.42. The van der Waals surface area contributed by atoms with E-state index >= 15 is 0 Å². The number of terminal acetylenes is 1. The number of likely N-dealkylation sites (tertiary alicyclic amines) is 2. The molecule has 1 N–H and O–H groups in total. The molecule has 0 saturated carbocycles. The predicted molar refractivity (Wildman–Crippen MR) is 99.7 cm³/mol. The van der Waals surface area contributed by atoms with E-state index in [0.717, 1.165) is 31.5 Å². The van der Waals surface area contributed by atoms with Crippen LogP contribution in [-0.2, 0) is 6.54 Å². The number of benzene rings is 1. The van der Waals surface area contributed by atoms with Crippen LogP contribution in [0.1, 0.15) is 24.8 Å². The van der Waals surface area contributed by atoms with Crippen molar-refractivity contribution < 1.29 is 0 Å². The van der Waals surface area contributed by atoms with Gasteiger partial charge in [-0.3, -0.25) is 9.89 Å². The molecule has 128 valence electrons. The molecular weight excluding hydrogens is 296 g/mol. The Morgan fingerprint density at radius 2 is 2.12 bits per heavy atom. The van der Waals surface area contributed by atoms with E-state index < -0.39 is 0 Å². The van der Waals surface area contributed by atoms with Crippen LogP contribution in [0.5, 0.6) is 0 Å². The van der Waals surface area contributed by atoms with Crippen molar-refractivity contribution in [2.24, 2.45) is 10.9 Å². The minimum absolute atomic E-state index is 0.539. The van der Waals surface area contributed by atoms with Gasteiger partial charge in [-0.15, -0.1) is 6.42 Å². The zero-order valence-electron chi connectivity index (χ0n) is 14.6. The fourth-order valence-electron chi connectivity index (χ4n) is 4.18. The monoisotopic (exact) mass is 324 g/mol. The van der Waals surface area contributed by atoms with Gasteiger partial charge in [-0.05, 0) is 37.3 Å². The van der Waals surface area contributed by atoms with E-state index in [-0.39, 0.29) is 0 Å². The Morgan fingerprint density at radius 1 is 1.29 bits per heavy atom. The Kier molecular flexibility index (Phi) is 5.77. The molecular formula is C20H28N4. The molecule has 3 rings (SSSR count). The van der Waals surface area contributed by atoms with Gasteiger partial charge in [0.05, 0.1) is 6.54 Å². The molecule has 0 radical (unpaired) electrons. The molecule has 1 aromatic rings. The Morgan fingerprint density at radius 3 is 2.88 bits per heavy atom. The van der Waals surface area contributed by atoms with E-state index in [1.807, 2.05) is 7.05 Å². The summed E-state index contributed by atoms with van der Waals surface area (Å²) in [5.74, 6) is 4.31. The fraction of sp³-hybridized carbons (Fsp3) is 0.550. The van der Waals surface area contributed by atoms with Crippen LogP contribution in [0.25, 0.3) is 0 Å². The Bertz CT molecular complexity index is 589. The number of aliphatic imine (C=N–C) groups is 1. The molecule has 2 atom stereocenters.